The third kappa shape index (κ3) is 16.0. The van der Waals surface area contributed by atoms with Crippen molar-refractivity contribution >= 4 is 5.97 Å². The van der Waals surface area contributed by atoms with Crippen LogP contribution in [0.2, 0.25) is 0 Å². The maximum atomic E-state index is 11.8. The van der Waals surface area contributed by atoms with Crippen LogP contribution in [-0.4, -0.2) is 17.7 Å². The van der Waals surface area contributed by atoms with Crippen molar-refractivity contribution in [1.29, 1.82) is 0 Å². The van der Waals surface area contributed by atoms with E-state index in [0.717, 1.165) is 18.4 Å². The van der Waals surface area contributed by atoms with Crippen molar-refractivity contribution in [2.75, 3.05) is 6.61 Å². The van der Waals surface area contributed by atoms with Crippen LogP contribution in [0, 0.1) is 0 Å². The molecule has 0 aliphatic carbocycles. The highest BCUT2D eigenvalue weighted by molar-refractivity contribution is 5.72. The molecule has 0 amide bonds. The topological polar surface area (TPSA) is 46.5 Å². The van der Waals surface area contributed by atoms with Crippen molar-refractivity contribution in [3.63, 3.8) is 0 Å². The van der Waals surface area contributed by atoms with E-state index in [1.54, 1.807) is 24.3 Å². The number of hydrogen-bond acceptors (Lipinski definition) is 3. The summed E-state index contributed by atoms with van der Waals surface area (Å²) in [6, 6.07) is 6.70. The minimum atomic E-state index is -0.184. The Morgan fingerprint density at radius 1 is 0.690 bits per heavy atom. The summed E-state index contributed by atoms with van der Waals surface area (Å²) in [4.78, 5) is 11.8. The van der Waals surface area contributed by atoms with E-state index < -0.39 is 0 Å². The van der Waals surface area contributed by atoms with E-state index >= 15 is 0 Å². The zero-order chi connectivity index (χ0) is 21.0. The lowest BCUT2D eigenvalue weighted by molar-refractivity contribution is -0.142. The first-order valence-corrected chi connectivity index (χ1v) is 12.2. The summed E-state index contributed by atoms with van der Waals surface area (Å²) < 4.78 is 5.29. The van der Waals surface area contributed by atoms with Crippen LogP contribution in [0.1, 0.15) is 115 Å². The number of phenolic OH excluding ortho intramolecular Hbond substituents is 1. The summed E-state index contributed by atoms with van der Waals surface area (Å²) in [5, 5.41) is 9.24. The van der Waals surface area contributed by atoms with Crippen LogP contribution in [0.3, 0.4) is 0 Å². The third-order valence-electron chi connectivity index (χ3n) is 5.55. The van der Waals surface area contributed by atoms with Gasteiger partial charge in [-0.05, 0) is 24.1 Å². The number of benzene rings is 1. The molecule has 1 aromatic rings. The zero-order valence-electron chi connectivity index (χ0n) is 18.8. The number of phenols is 1. The van der Waals surface area contributed by atoms with Gasteiger partial charge in [0.2, 0.25) is 0 Å². The van der Waals surface area contributed by atoms with Crippen LogP contribution in [0.4, 0.5) is 0 Å². The minimum Gasteiger partial charge on any atom is -0.508 e. The van der Waals surface area contributed by atoms with Crippen molar-refractivity contribution in [3.8, 4) is 5.75 Å². The van der Waals surface area contributed by atoms with Crippen LogP contribution in [0.15, 0.2) is 24.3 Å². The molecule has 0 aliphatic heterocycles. The van der Waals surface area contributed by atoms with Gasteiger partial charge in [-0.3, -0.25) is 4.79 Å². The summed E-state index contributed by atoms with van der Waals surface area (Å²) in [5.41, 5.74) is 0.875. The lowest BCUT2D eigenvalue weighted by Gasteiger charge is -2.06. The molecule has 3 heteroatoms. The normalized spacial score (nSPS) is 10.9. The lowest BCUT2D eigenvalue weighted by Crippen LogP contribution is -2.09. The average molecular weight is 405 g/mol. The van der Waals surface area contributed by atoms with E-state index in [1.165, 1.54) is 89.9 Å². The van der Waals surface area contributed by atoms with Crippen molar-refractivity contribution in [1.82, 2.24) is 0 Å². The van der Waals surface area contributed by atoms with E-state index in [-0.39, 0.29) is 18.1 Å². The molecule has 0 saturated carbocycles. The van der Waals surface area contributed by atoms with E-state index in [1.807, 2.05) is 0 Å². The minimum absolute atomic E-state index is 0.184. The average Bonchev–Trinajstić information content (AvgIpc) is 2.72. The van der Waals surface area contributed by atoms with Gasteiger partial charge in [0.05, 0.1) is 13.0 Å². The molecule has 166 valence electrons. The van der Waals surface area contributed by atoms with Crippen LogP contribution in [0.5, 0.6) is 5.75 Å². The Kier molecular flexibility index (Phi) is 16.3. The number of unbranched alkanes of at least 4 members (excludes halogenated alkanes) is 15. The number of carbonyl (C=O) groups is 1. The second kappa shape index (κ2) is 18.5. The smallest absolute Gasteiger partial charge is 0.310 e. The van der Waals surface area contributed by atoms with E-state index in [4.69, 9.17) is 4.74 Å². The van der Waals surface area contributed by atoms with Crippen molar-refractivity contribution < 1.29 is 14.6 Å². The van der Waals surface area contributed by atoms with Gasteiger partial charge in [0, 0.05) is 0 Å². The maximum absolute atomic E-state index is 11.8. The Balaban J connectivity index is 1.77. The van der Waals surface area contributed by atoms with E-state index in [2.05, 4.69) is 6.92 Å². The molecule has 0 aromatic heterocycles. The van der Waals surface area contributed by atoms with Gasteiger partial charge in [-0.1, -0.05) is 115 Å². The molecule has 0 fully saturated rings. The molecular weight excluding hydrogens is 360 g/mol. The molecule has 3 nitrogen and oxygen atoms in total. The Bertz CT molecular complexity index is 495. The predicted molar refractivity (Wildman–Crippen MR) is 122 cm³/mol. The molecule has 0 bridgehead atoms. The Morgan fingerprint density at radius 3 is 1.55 bits per heavy atom. The number of hydrogen-bond donors (Lipinski definition) is 1. The van der Waals surface area contributed by atoms with Gasteiger partial charge in [-0.2, -0.15) is 0 Å². The predicted octanol–water partition coefficient (Wildman–Crippen LogP) is 7.74. The molecule has 0 spiro atoms. The lowest BCUT2D eigenvalue weighted by atomic mass is 10.0. The van der Waals surface area contributed by atoms with E-state index in [0.29, 0.717) is 6.61 Å². The van der Waals surface area contributed by atoms with Crippen LogP contribution < -0.4 is 0 Å². The van der Waals surface area contributed by atoms with Gasteiger partial charge in [-0.15, -0.1) is 0 Å². The molecular formula is C26H44O3. The van der Waals surface area contributed by atoms with Crippen molar-refractivity contribution in [3.05, 3.63) is 29.8 Å². The second-order valence-electron chi connectivity index (χ2n) is 8.37. The summed E-state index contributed by atoms with van der Waals surface area (Å²) in [6.07, 6.45) is 21.8. The van der Waals surface area contributed by atoms with Gasteiger partial charge < -0.3 is 9.84 Å². The summed E-state index contributed by atoms with van der Waals surface area (Å²) >= 11 is 0. The molecule has 0 atom stereocenters. The molecule has 0 radical (unpaired) electrons. The van der Waals surface area contributed by atoms with Crippen molar-refractivity contribution in [2.24, 2.45) is 0 Å². The fraction of sp³-hybridized carbons (Fsp3) is 0.731. The number of aromatic hydroxyl groups is 1. The van der Waals surface area contributed by atoms with Crippen LogP contribution in [-0.2, 0) is 16.0 Å². The summed E-state index contributed by atoms with van der Waals surface area (Å²) in [5.74, 6) is 0.0342. The molecule has 0 saturated heterocycles. The Hall–Kier alpha value is -1.51. The Morgan fingerprint density at radius 2 is 1.10 bits per heavy atom. The first kappa shape index (κ1) is 25.5. The van der Waals surface area contributed by atoms with Gasteiger partial charge in [0.15, 0.2) is 0 Å². The number of ether oxygens (including phenoxy) is 1. The molecule has 0 heterocycles. The highest BCUT2D eigenvalue weighted by atomic mass is 16.5. The maximum Gasteiger partial charge on any atom is 0.310 e. The molecule has 1 rings (SSSR count). The fourth-order valence-corrected chi connectivity index (χ4v) is 3.67. The van der Waals surface area contributed by atoms with Crippen LogP contribution in [0.25, 0.3) is 0 Å². The number of carbonyl (C=O) groups excluding carboxylic acids is 1. The summed E-state index contributed by atoms with van der Waals surface area (Å²) in [6.45, 7) is 2.80. The van der Waals surface area contributed by atoms with Gasteiger partial charge in [0.25, 0.3) is 0 Å². The fourth-order valence-electron chi connectivity index (χ4n) is 3.67. The van der Waals surface area contributed by atoms with Crippen molar-refractivity contribution in [2.45, 2.75) is 116 Å². The third-order valence-corrected chi connectivity index (χ3v) is 5.55. The van der Waals surface area contributed by atoms with Crippen LogP contribution >= 0.6 is 0 Å². The monoisotopic (exact) mass is 404 g/mol. The second-order valence-corrected chi connectivity index (χ2v) is 8.37. The van der Waals surface area contributed by atoms with Gasteiger partial charge in [0.1, 0.15) is 5.75 Å². The number of rotatable bonds is 19. The summed E-state index contributed by atoms with van der Waals surface area (Å²) in [7, 11) is 0. The molecule has 1 aromatic carbocycles. The molecule has 29 heavy (non-hydrogen) atoms. The molecule has 0 aliphatic rings. The Labute approximate surface area is 179 Å². The largest absolute Gasteiger partial charge is 0.508 e. The first-order valence-electron chi connectivity index (χ1n) is 12.2. The SMILES string of the molecule is CCCCCCCCCCCCCCCCCCOC(=O)Cc1ccc(O)cc1. The first-order chi connectivity index (χ1) is 14.2. The van der Waals surface area contributed by atoms with Gasteiger partial charge in [-0.25, -0.2) is 0 Å². The zero-order valence-corrected chi connectivity index (χ0v) is 18.8. The quantitative estimate of drug-likeness (QED) is 0.189. The highest BCUT2D eigenvalue weighted by Crippen LogP contribution is 2.14. The number of esters is 1. The molecule has 0 unspecified atom stereocenters. The van der Waals surface area contributed by atoms with E-state index in [9.17, 15) is 9.90 Å². The van der Waals surface area contributed by atoms with Gasteiger partial charge >= 0.3 is 5.97 Å². The standard InChI is InChI=1S/C26H44O3/c1-2-3-4-5-6-7-8-9-10-11-12-13-14-15-16-17-22-29-26(28)23-24-18-20-25(27)21-19-24/h18-21,27H,2-17,22-23H2,1H3. The molecule has 1 N–H and O–H groups in total. The highest BCUT2D eigenvalue weighted by Gasteiger charge is 2.04.